The van der Waals surface area contributed by atoms with Crippen LogP contribution in [0, 0.1) is 0 Å². The molecule has 0 fully saturated rings. The van der Waals surface area contributed by atoms with Crippen molar-refractivity contribution in [2.75, 3.05) is 13.2 Å². The molecule has 0 saturated carbocycles. The van der Waals surface area contributed by atoms with Crippen LogP contribution < -0.4 is 15.8 Å². The van der Waals surface area contributed by atoms with Gasteiger partial charge in [-0.05, 0) is 38.8 Å². The van der Waals surface area contributed by atoms with E-state index in [2.05, 4.69) is 5.32 Å². The highest BCUT2D eigenvalue weighted by molar-refractivity contribution is 5.94. The second kappa shape index (κ2) is 11.0. The van der Waals surface area contributed by atoms with Crippen molar-refractivity contribution < 1.29 is 14.3 Å². The molecule has 0 bridgehead atoms. The number of ketones is 1. The Bertz CT molecular complexity index is 478. The summed E-state index contributed by atoms with van der Waals surface area (Å²) in [5.74, 6) is 0.672. The lowest BCUT2D eigenvalue weighted by Gasteiger charge is -2.08. The molecule has 1 aromatic rings. The molecule has 1 atom stereocenters. The molecule has 1 aromatic carbocycles. The van der Waals surface area contributed by atoms with Crippen LogP contribution in [0.15, 0.2) is 24.3 Å². The summed E-state index contributed by atoms with van der Waals surface area (Å²) in [7, 11) is 0. The zero-order valence-electron chi connectivity index (χ0n) is 13.1. The quantitative estimate of drug-likeness (QED) is 0.538. The number of nitrogens with two attached hydrogens (primary N) is 1. The van der Waals surface area contributed by atoms with Crippen LogP contribution in [0.1, 0.15) is 43.5 Å². The molecule has 5 nitrogen and oxygen atoms in total. The molecule has 0 radical (unpaired) electrons. The van der Waals surface area contributed by atoms with Crippen molar-refractivity contribution >= 4 is 24.1 Å². The van der Waals surface area contributed by atoms with Gasteiger partial charge in [0.1, 0.15) is 5.75 Å². The number of halogens is 1. The van der Waals surface area contributed by atoms with Crippen molar-refractivity contribution in [1.29, 1.82) is 0 Å². The predicted molar refractivity (Wildman–Crippen MR) is 89.7 cm³/mol. The number of amides is 1. The van der Waals surface area contributed by atoms with E-state index in [0.717, 1.165) is 6.42 Å². The second-order valence-electron chi connectivity index (χ2n) is 5.15. The Morgan fingerprint density at radius 1 is 1.36 bits per heavy atom. The molecule has 0 aliphatic carbocycles. The van der Waals surface area contributed by atoms with Gasteiger partial charge in [-0.3, -0.25) is 9.59 Å². The van der Waals surface area contributed by atoms with Gasteiger partial charge >= 0.3 is 0 Å². The molecule has 22 heavy (non-hydrogen) atoms. The van der Waals surface area contributed by atoms with Gasteiger partial charge in [0, 0.05) is 24.6 Å². The molecular formula is C16H25ClN2O3. The van der Waals surface area contributed by atoms with Crippen LogP contribution in [0.25, 0.3) is 0 Å². The number of hydrogen-bond acceptors (Lipinski definition) is 4. The molecule has 0 spiro atoms. The summed E-state index contributed by atoms with van der Waals surface area (Å²) >= 11 is 0. The maximum atomic E-state index is 11.5. The fraction of sp³-hybridized carbons (Fsp3) is 0.500. The summed E-state index contributed by atoms with van der Waals surface area (Å²) in [5, 5.41) is 2.82. The van der Waals surface area contributed by atoms with E-state index in [1.54, 1.807) is 24.3 Å². The topological polar surface area (TPSA) is 81.4 Å². The average Bonchev–Trinajstić information content (AvgIpc) is 2.43. The van der Waals surface area contributed by atoms with Crippen LogP contribution in [-0.4, -0.2) is 30.9 Å². The minimum Gasteiger partial charge on any atom is -0.494 e. The summed E-state index contributed by atoms with van der Waals surface area (Å²) < 4.78 is 5.54. The van der Waals surface area contributed by atoms with E-state index in [4.69, 9.17) is 10.5 Å². The zero-order valence-corrected chi connectivity index (χ0v) is 13.9. The summed E-state index contributed by atoms with van der Waals surface area (Å²) in [5.41, 5.74) is 6.23. The highest BCUT2D eigenvalue weighted by Crippen LogP contribution is 2.14. The third kappa shape index (κ3) is 8.64. The summed E-state index contributed by atoms with van der Waals surface area (Å²) in [4.78, 5) is 22.8. The Morgan fingerprint density at radius 2 is 2.09 bits per heavy atom. The van der Waals surface area contributed by atoms with Crippen LogP contribution >= 0.6 is 12.4 Å². The van der Waals surface area contributed by atoms with Gasteiger partial charge in [0.15, 0.2) is 5.78 Å². The van der Waals surface area contributed by atoms with Crippen molar-refractivity contribution in [3.05, 3.63) is 29.8 Å². The van der Waals surface area contributed by atoms with E-state index >= 15 is 0 Å². The number of carbonyl (C=O) groups is 2. The summed E-state index contributed by atoms with van der Waals surface area (Å²) in [6.07, 6.45) is 1.83. The van der Waals surface area contributed by atoms with Gasteiger partial charge in [0.05, 0.1) is 6.61 Å². The number of carbonyl (C=O) groups excluding carboxylic acids is 2. The van der Waals surface area contributed by atoms with Gasteiger partial charge < -0.3 is 15.8 Å². The Balaban J connectivity index is 0.00000441. The number of ether oxygens (including phenoxy) is 1. The van der Waals surface area contributed by atoms with Gasteiger partial charge in [-0.2, -0.15) is 0 Å². The maximum absolute atomic E-state index is 11.5. The van der Waals surface area contributed by atoms with Crippen molar-refractivity contribution in [1.82, 2.24) is 5.32 Å². The average molecular weight is 329 g/mol. The molecule has 0 heterocycles. The van der Waals surface area contributed by atoms with E-state index < -0.39 is 0 Å². The summed E-state index contributed by atoms with van der Waals surface area (Å²) in [6.45, 7) is 4.49. The van der Waals surface area contributed by atoms with Gasteiger partial charge in [-0.25, -0.2) is 0 Å². The summed E-state index contributed by atoms with van der Waals surface area (Å²) in [6, 6.07) is 7.15. The Labute approximate surface area is 138 Å². The SMILES string of the molecule is CC(=O)c1cccc(OCCCC(=O)NCCC(C)N)c1.Cl. The number of Topliss-reactive ketones (excluding diaryl/α,β-unsaturated/α-hetero) is 1. The van der Waals surface area contributed by atoms with E-state index in [-0.39, 0.29) is 30.1 Å². The Hall–Kier alpha value is -1.59. The molecular weight excluding hydrogens is 304 g/mol. The maximum Gasteiger partial charge on any atom is 0.220 e. The van der Waals surface area contributed by atoms with Gasteiger partial charge in [-0.15, -0.1) is 12.4 Å². The van der Waals surface area contributed by atoms with Crippen LogP contribution in [0.3, 0.4) is 0 Å². The first-order chi connectivity index (χ1) is 9.99. The molecule has 0 aliphatic heterocycles. The van der Waals surface area contributed by atoms with Crippen molar-refractivity contribution in [2.45, 2.75) is 39.2 Å². The highest BCUT2D eigenvalue weighted by Gasteiger charge is 2.03. The molecule has 0 saturated heterocycles. The minimum atomic E-state index is 0. The smallest absolute Gasteiger partial charge is 0.220 e. The Kier molecular flexibility index (Phi) is 10.2. The van der Waals surface area contributed by atoms with E-state index in [9.17, 15) is 9.59 Å². The largest absolute Gasteiger partial charge is 0.494 e. The number of rotatable bonds is 9. The van der Waals surface area contributed by atoms with Gasteiger partial charge in [-0.1, -0.05) is 12.1 Å². The predicted octanol–water partition coefficient (Wildman–Crippen LogP) is 2.32. The van der Waals surface area contributed by atoms with Crippen LogP contribution in [0.4, 0.5) is 0 Å². The monoisotopic (exact) mass is 328 g/mol. The third-order valence-electron chi connectivity index (χ3n) is 2.98. The molecule has 3 N–H and O–H groups in total. The van der Waals surface area contributed by atoms with E-state index in [1.165, 1.54) is 6.92 Å². The van der Waals surface area contributed by atoms with Crippen molar-refractivity contribution in [2.24, 2.45) is 5.73 Å². The van der Waals surface area contributed by atoms with Crippen LogP contribution in [0.2, 0.25) is 0 Å². The minimum absolute atomic E-state index is 0. The van der Waals surface area contributed by atoms with Crippen molar-refractivity contribution in [3.8, 4) is 5.75 Å². The lowest BCUT2D eigenvalue weighted by molar-refractivity contribution is -0.121. The number of nitrogens with one attached hydrogen (secondary N) is 1. The number of hydrogen-bond donors (Lipinski definition) is 2. The zero-order chi connectivity index (χ0) is 15.7. The normalized spacial score (nSPS) is 11.2. The molecule has 1 unspecified atom stereocenters. The fourth-order valence-electron chi connectivity index (χ4n) is 1.76. The highest BCUT2D eigenvalue weighted by atomic mass is 35.5. The Morgan fingerprint density at radius 3 is 2.73 bits per heavy atom. The lowest BCUT2D eigenvalue weighted by Crippen LogP contribution is -2.28. The molecule has 0 aliphatic rings. The van der Waals surface area contributed by atoms with Gasteiger partial charge in [0.2, 0.25) is 5.91 Å². The van der Waals surface area contributed by atoms with E-state index in [0.29, 0.717) is 37.3 Å². The number of benzene rings is 1. The van der Waals surface area contributed by atoms with Crippen molar-refractivity contribution in [3.63, 3.8) is 0 Å². The lowest BCUT2D eigenvalue weighted by atomic mass is 10.1. The second-order valence-corrected chi connectivity index (χ2v) is 5.15. The third-order valence-corrected chi connectivity index (χ3v) is 2.98. The molecule has 0 aromatic heterocycles. The van der Waals surface area contributed by atoms with E-state index in [1.807, 2.05) is 6.92 Å². The first kappa shape index (κ1) is 20.4. The van der Waals surface area contributed by atoms with Gasteiger partial charge in [0.25, 0.3) is 0 Å². The van der Waals surface area contributed by atoms with Crippen LogP contribution in [0.5, 0.6) is 5.75 Å². The van der Waals surface area contributed by atoms with Crippen LogP contribution in [-0.2, 0) is 4.79 Å². The standard InChI is InChI=1S/C16H24N2O3.ClH/c1-12(17)8-9-18-16(20)7-4-10-21-15-6-3-5-14(11-15)13(2)19;/h3,5-6,11-12H,4,7-10,17H2,1-2H3,(H,18,20);1H. The molecule has 124 valence electrons. The first-order valence-electron chi connectivity index (χ1n) is 7.25. The fourth-order valence-corrected chi connectivity index (χ4v) is 1.76. The first-order valence-corrected chi connectivity index (χ1v) is 7.25. The molecule has 6 heteroatoms. The molecule has 1 amide bonds. The molecule has 1 rings (SSSR count).